The number of allylic oxidation sites excluding steroid dienone is 5. The molecule has 2 N–H and O–H groups in total. The molecule has 1 aromatic heterocycles. The SMILES string of the molecule is C=C(C=CC)C(CCCCCC(CC)c1cccc(C(=N)CCC(=O)/C=C/Cc2ccccc2C(C)CCCCC)c1)=c1cc[nH]c1=C. The minimum absolute atomic E-state index is 0.0911. The van der Waals surface area contributed by atoms with Crippen LogP contribution in [-0.2, 0) is 11.2 Å². The van der Waals surface area contributed by atoms with Gasteiger partial charge in [0.2, 0.25) is 0 Å². The first kappa shape index (κ1) is 38.5. The molecule has 3 aromatic rings. The second kappa shape index (κ2) is 21.1. The summed E-state index contributed by atoms with van der Waals surface area (Å²) in [6.45, 7) is 17.3. The molecular weight excluding hydrogens is 585 g/mol. The lowest BCUT2D eigenvalue weighted by molar-refractivity contribution is -0.114. The van der Waals surface area contributed by atoms with E-state index in [2.05, 4.69) is 93.5 Å². The van der Waals surface area contributed by atoms with E-state index in [-0.39, 0.29) is 5.78 Å². The molecule has 0 aliphatic heterocycles. The van der Waals surface area contributed by atoms with Crippen molar-refractivity contribution in [3.05, 3.63) is 130 Å². The number of aromatic nitrogens is 1. The van der Waals surface area contributed by atoms with E-state index in [1.807, 2.05) is 31.3 Å². The maximum Gasteiger partial charge on any atom is 0.155 e. The minimum Gasteiger partial charge on any atom is -0.362 e. The van der Waals surface area contributed by atoms with Crippen LogP contribution in [0.4, 0.5) is 0 Å². The highest BCUT2D eigenvalue weighted by Crippen LogP contribution is 2.28. The topological polar surface area (TPSA) is 56.7 Å². The van der Waals surface area contributed by atoms with Gasteiger partial charge in [-0.3, -0.25) is 4.79 Å². The molecule has 0 bridgehead atoms. The average Bonchev–Trinajstić information content (AvgIpc) is 3.52. The van der Waals surface area contributed by atoms with Gasteiger partial charge >= 0.3 is 0 Å². The average molecular weight is 645 g/mol. The summed E-state index contributed by atoms with van der Waals surface area (Å²) in [5.74, 6) is 1.09. The van der Waals surface area contributed by atoms with E-state index in [0.717, 1.165) is 61.4 Å². The van der Waals surface area contributed by atoms with Gasteiger partial charge in [-0.2, -0.15) is 0 Å². The Morgan fingerprint density at radius 1 is 0.917 bits per heavy atom. The maximum atomic E-state index is 12.8. The number of H-pyrrole nitrogens is 1. The third-order valence-corrected chi connectivity index (χ3v) is 9.68. The highest BCUT2D eigenvalue weighted by molar-refractivity contribution is 6.01. The first-order valence-corrected chi connectivity index (χ1v) is 18.4. The van der Waals surface area contributed by atoms with Crippen molar-refractivity contribution in [1.29, 1.82) is 5.41 Å². The van der Waals surface area contributed by atoms with Crippen LogP contribution in [0.15, 0.2) is 97.3 Å². The van der Waals surface area contributed by atoms with Gasteiger partial charge in [0, 0.05) is 28.9 Å². The lowest BCUT2D eigenvalue weighted by Gasteiger charge is -2.17. The van der Waals surface area contributed by atoms with E-state index in [0.29, 0.717) is 30.4 Å². The third kappa shape index (κ3) is 12.2. The molecule has 2 aromatic carbocycles. The van der Waals surface area contributed by atoms with E-state index in [1.165, 1.54) is 53.2 Å². The molecule has 0 spiro atoms. The fourth-order valence-electron chi connectivity index (χ4n) is 6.76. The second-order valence-electron chi connectivity index (χ2n) is 13.4. The molecular formula is C45H60N2O. The summed E-state index contributed by atoms with van der Waals surface area (Å²) in [7, 11) is 0. The smallest absolute Gasteiger partial charge is 0.155 e. The highest BCUT2D eigenvalue weighted by atomic mass is 16.1. The summed E-state index contributed by atoms with van der Waals surface area (Å²) in [6, 6.07) is 19.2. The molecule has 3 heteroatoms. The largest absolute Gasteiger partial charge is 0.362 e. The predicted octanol–water partition coefficient (Wildman–Crippen LogP) is 11.1. The predicted molar refractivity (Wildman–Crippen MR) is 208 cm³/mol. The first-order chi connectivity index (χ1) is 23.3. The fourth-order valence-corrected chi connectivity index (χ4v) is 6.76. The van der Waals surface area contributed by atoms with Gasteiger partial charge in [0.25, 0.3) is 0 Å². The zero-order valence-corrected chi connectivity index (χ0v) is 30.3. The minimum atomic E-state index is 0.0911. The van der Waals surface area contributed by atoms with Crippen LogP contribution in [0.3, 0.4) is 0 Å². The zero-order chi connectivity index (χ0) is 34.7. The number of ketones is 1. The summed E-state index contributed by atoms with van der Waals surface area (Å²) >= 11 is 0. The lowest BCUT2D eigenvalue weighted by Crippen LogP contribution is -2.23. The van der Waals surface area contributed by atoms with Crippen LogP contribution in [0.5, 0.6) is 0 Å². The van der Waals surface area contributed by atoms with Crippen molar-refractivity contribution in [2.75, 3.05) is 0 Å². The molecule has 0 radical (unpaired) electrons. The molecule has 2 atom stereocenters. The third-order valence-electron chi connectivity index (χ3n) is 9.68. The molecule has 0 aliphatic carbocycles. The molecule has 0 fully saturated rings. The standard InChI is InChI=1S/C45H60N2O/c1-7-10-12-20-35(5)42-27-16-15-22-38(42)23-18-26-41(48)29-30-45(46)40-25-17-24-39(33-40)37(9-3)21-13-11-14-28-43(34(4)19-8-2)44-31-32-47-36(44)6/h8,15-19,22,24-27,31-33,35,37,46-47H,4,6-7,9-14,20-21,23,28-30H2,1-3,5H3/b19-8?,26-18+,44-43?,46-45?. The summed E-state index contributed by atoms with van der Waals surface area (Å²) in [4.78, 5) is 16.0. The Kier molecular flexibility index (Phi) is 16.9. The second-order valence-corrected chi connectivity index (χ2v) is 13.4. The molecule has 0 aliphatic rings. The number of hydrogen-bond acceptors (Lipinski definition) is 2. The van der Waals surface area contributed by atoms with Gasteiger partial charge in [0.1, 0.15) is 0 Å². The summed E-state index contributed by atoms with van der Waals surface area (Å²) in [5, 5.41) is 10.9. The molecule has 3 nitrogen and oxygen atoms in total. The molecule has 2 unspecified atom stereocenters. The lowest BCUT2D eigenvalue weighted by atomic mass is 9.88. The van der Waals surface area contributed by atoms with Crippen molar-refractivity contribution in [3.63, 3.8) is 0 Å². The first-order valence-electron chi connectivity index (χ1n) is 18.4. The summed E-state index contributed by atoms with van der Waals surface area (Å²) in [6.07, 6.45) is 23.0. The van der Waals surface area contributed by atoms with E-state index in [1.54, 1.807) is 6.08 Å². The van der Waals surface area contributed by atoms with Crippen molar-refractivity contribution in [1.82, 2.24) is 4.98 Å². The van der Waals surface area contributed by atoms with Crippen molar-refractivity contribution < 1.29 is 4.79 Å². The number of hydrogen-bond donors (Lipinski definition) is 2. The van der Waals surface area contributed by atoms with Crippen molar-refractivity contribution in [2.24, 2.45) is 0 Å². The Hall–Kier alpha value is -3.98. The Morgan fingerprint density at radius 3 is 2.44 bits per heavy atom. The molecule has 1 heterocycles. The Bertz CT molecular complexity index is 1630. The van der Waals surface area contributed by atoms with Crippen molar-refractivity contribution in [3.8, 4) is 0 Å². The highest BCUT2D eigenvalue weighted by Gasteiger charge is 2.13. The molecule has 48 heavy (non-hydrogen) atoms. The van der Waals surface area contributed by atoms with Crippen LogP contribution < -0.4 is 10.6 Å². The molecule has 0 saturated carbocycles. The number of carbonyl (C=O) groups is 1. The molecule has 0 amide bonds. The maximum absolute atomic E-state index is 12.8. The summed E-state index contributed by atoms with van der Waals surface area (Å²) < 4.78 is 0. The molecule has 3 rings (SSSR count). The number of aromatic amines is 1. The molecule has 0 saturated heterocycles. The van der Waals surface area contributed by atoms with Gasteiger partial charge in [-0.1, -0.05) is 127 Å². The Labute approximate surface area is 291 Å². The normalized spacial score (nSPS) is 13.6. The van der Waals surface area contributed by atoms with Crippen molar-refractivity contribution >= 4 is 23.6 Å². The van der Waals surface area contributed by atoms with Gasteiger partial charge in [0.05, 0.1) is 0 Å². The monoisotopic (exact) mass is 644 g/mol. The van der Waals surface area contributed by atoms with Crippen LogP contribution >= 0.6 is 0 Å². The Balaban J connectivity index is 1.49. The fraction of sp³-hybridized carbons (Fsp3) is 0.422. The van der Waals surface area contributed by atoms with Gasteiger partial charge < -0.3 is 10.4 Å². The number of nitrogens with one attached hydrogen (secondary N) is 2. The van der Waals surface area contributed by atoms with E-state index in [9.17, 15) is 4.79 Å². The summed E-state index contributed by atoms with van der Waals surface area (Å²) in [5.41, 5.74) is 7.83. The zero-order valence-electron chi connectivity index (χ0n) is 30.3. The van der Waals surface area contributed by atoms with Crippen molar-refractivity contribution in [2.45, 2.75) is 123 Å². The quantitative estimate of drug-likeness (QED) is 0.0486. The van der Waals surface area contributed by atoms with Crippen LogP contribution in [0, 0.1) is 5.41 Å². The number of rotatable bonds is 22. The number of benzene rings is 2. The van der Waals surface area contributed by atoms with Crippen LogP contribution in [0.1, 0.15) is 139 Å². The van der Waals surface area contributed by atoms with Gasteiger partial charge in [-0.25, -0.2) is 0 Å². The molecule has 256 valence electrons. The van der Waals surface area contributed by atoms with Crippen LogP contribution in [0.25, 0.3) is 12.2 Å². The van der Waals surface area contributed by atoms with Gasteiger partial charge in [-0.05, 0) is 115 Å². The van der Waals surface area contributed by atoms with E-state index < -0.39 is 0 Å². The Morgan fingerprint density at radius 2 is 1.71 bits per heavy atom. The van der Waals surface area contributed by atoms with Crippen LogP contribution in [-0.4, -0.2) is 16.5 Å². The van der Waals surface area contributed by atoms with E-state index in [4.69, 9.17) is 5.41 Å². The van der Waals surface area contributed by atoms with Crippen LogP contribution in [0.2, 0.25) is 0 Å². The van der Waals surface area contributed by atoms with E-state index >= 15 is 0 Å². The number of unbranched alkanes of at least 4 members (excludes halogenated alkanes) is 4. The van der Waals surface area contributed by atoms with Gasteiger partial charge in [0.15, 0.2) is 5.78 Å². The number of carbonyl (C=O) groups excluding carboxylic acids is 1. The van der Waals surface area contributed by atoms with Gasteiger partial charge in [-0.15, -0.1) is 0 Å².